The summed E-state index contributed by atoms with van der Waals surface area (Å²) in [5.41, 5.74) is -0.723. The molecule has 1 amide bonds. The number of halogens is 2. The van der Waals surface area contributed by atoms with E-state index in [1.165, 1.54) is 26.4 Å². The number of carbonyl (C=O) groups excluding carboxylic acids is 1. The van der Waals surface area contributed by atoms with Gasteiger partial charge in [-0.3, -0.25) is 14.2 Å². The van der Waals surface area contributed by atoms with Crippen LogP contribution in [0.3, 0.4) is 0 Å². The lowest BCUT2D eigenvalue weighted by atomic mass is 9.77. The number of hydrogen-bond acceptors (Lipinski definition) is 5. The summed E-state index contributed by atoms with van der Waals surface area (Å²) in [5.74, 6) is -1.25. The molecule has 1 N–H and O–H groups in total. The number of amides is 1. The van der Waals surface area contributed by atoms with Gasteiger partial charge < -0.3 is 19.2 Å². The van der Waals surface area contributed by atoms with Crippen molar-refractivity contribution < 1.29 is 18.5 Å². The molecule has 0 spiro atoms. The molecule has 0 radical (unpaired) electrons. The molecule has 1 aliphatic heterocycles. The highest BCUT2D eigenvalue weighted by atomic mass is 35.5. The zero-order valence-electron chi connectivity index (χ0n) is 21.7. The van der Waals surface area contributed by atoms with Crippen molar-refractivity contribution in [3.63, 3.8) is 0 Å². The van der Waals surface area contributed by atoms with Gasteiger partial charge in [-0.2, -0.15) is 0 Å². The second-order valence-electron chi connectivity index (χ2n) is 10.1. The van der Waals surface area contributed by atoms with Crippen molar-refractivity contribution in [2.75, 3.05) is 5.32 Å². The molecule has 1 aliphatic rings. The van der Waals surface area contributed by atoms with Crippen molar-refractivity contribution in [2.45, 2.75) is 45.8 Å². The van der Waals surface area contributed by atoms with Gasteiger partial charge >= 0.3 is 12.8 Å². The summed E-state index contributed by atoms with van der Waals surface area (Å²) in [7, 11) is 1.95. The van der Waals surface area contributed by atoms with Gasteiger partial charge in [0.25, 0.3) is 11.5 Å². The van der Waals surface area contributed by atoms with Crippen LogP contribution in [-0.2, 0) is 23.4 Å². The SMILES string of the molecule is Cc1c(NC(=O)c2cn(C)c(=O)n(C)c2=O)cccc1-c1c(F)ccc(B2OC(C)(C)C(C)(C)O2)c1Cl. The minimum atomic E-state index is -0.791. The fourth-order valence-electron chi connectivity index (χ4n) is 4.16. The monoisotopic (exact) mass is 527 g/mol. The maximum Gasteiger partial charge on any atom is 0.496 e. The molecule has 2 aromatic carbocycles. The molecule has 2 heterocycles. The summed E-state index contributed by atoms with van der Waals surface area (Å²) < 4.78 is 29.4. The summed E-state index contributed by atoms with van der Waals surface area (Å²) in [4.78, 5) is 37.4. The summed E-state index contributed by atoms with van der Waals surface area (Å²) in [5, 5.41) is 2.84. The molecule has 0 unspecified atom stereocenters. The first-order valence-corrected chi connectivity index (χ1v) is 12.1. The summed E-state index contributed by atoms with van der Waals surface area (Å²) in [6.07, 6.45) is 1.18. The van der Waals surface area contributed by atoms with E-state index in [0.717, 1.165) is 9.13 Å². The molecule has 0 atom stereocenters. The van der Waals surface area contributed by atoms with Gasteiger partial charge in [-0.25, -0.2) is 9.18 Å². The molecule has 194 valence electrons. The first-order chi connectivity index (χ1) is 17.2. The van der Waals surface area contributed by atoms with Crippen LogP contribution in [0.15, 0.2) is 46.1 Å². The number of anilines is 1. The molecular formula is C26H28BClFN3O5. The molecule has 37 heavy (non-hydrogen) atoms. The van der Waals surface area contributed by atoms with E-state index in [4.69, 9.17) is 20.9 Å². The molecule has 1 saturated heterocycles. The van der Waals surface area contributed by atoms with E-state index >= 15 is 4.39 Å². The lowest BCUT2D eigenvalue weighted by Gasteiger charge is -2.32. The van der Waals surface area contributed by atoms with Crippen LogP contribution in [-0.4, -0.2) is 33.4 Å². The smallest absolute Gasteiger partial charge is 0.399 e. The highest BCUT2D eigenvalue weighted by Gasteiger charge is 2.52. The first-order valence-electron chi connectivity index (χ1n) is 11.7. The average Bonchev–Trinajstić information content (AvgIpc) is 3.03. The largest absolute Gasteiger partial charge is 0.496 e. The van der Waals surface area contributed by atoms with E-state index in [1.807, 2.05) is 27.7 Å². The second kappa shape index (κ2) is 9.27. The Bertz CT molecular complexity index is 1530. The van der Waals surface area contributed by atoms with E-state index in [1.54, 1.807) is 31.2 Å². The van der Waals surface area contributed by atoms with E-state index in [9.17, 15) is 14.4 Å². The first kappa shape index (κ1) is 26.8. The third-order valence-electron chi connectivity index (χ3n) is 7.17. The lowest BCUT2D eigenvalue weighted by Crippen LogP contribution is -2.41. The number of nitrogens with zero attached hydrogens (tertiary/aromatic N) is 2. The molecule has 3 aromatic rings. The van der Waals surface area contributed by atoms with E-state index < -0.39 is 41.3 Å². The lowest BCUT2D eigenvalue weighted by molar-refractivity contribution is 0.00578. The van der Waals surface area contributed by atoms with Crippen LogP contribution in [0.5, 0.6) is 0 Å². The Labute approximate surface area is 219 Å². The summed E-state index contributed by atoms with van der Waals surface area (Å²) >= 11 is 6.75. The molecule has 0 bridgehead atoms. The van der Waals surface area contributed by atoms with Crippen LogP contribution in [0, 0.1) is 12.7 Å². The second-order valence-corrected chi connectivity index (χ2v) is 10.5. The molecule has 4 rings (SSSR count). The predicted octanol–water partition coefficient (Wildman–Crippen LogP) is 3.40. The summed E-state index contributed by atoms with van der Waals surface area (Å²) in [6.45, 7) is 9.37. The van der Waals surface area contributed by atoms with Crippen LogP contribution < -0.4 is 22.0 Å². The van der Waals surface area contributed by atoms with Gasteiger partial charge in [0.15, 0.2) is 0 Å². The minimum Gasteiger partial charge on any atom is -0.399 e. The topological polar surface area (TPSA) is 91.6 Å². The van der Waals surface area contributed by atoms with Gasteiger partial charge in [-0.05, 0) is 57.9 Å². The normalized spacial score (nSPS) is 16.2. The predicted molar refractivity (Wildman–Crippen MR) is 142 cm³/mol. The molecule has 11 heteroatoms. The van der Waals surface area contributed by atoms with E-state index in [-0.39, 0.29) is 16.1 Å². The minimum absolute atomic E-state index is 0.136. The fourth-order valence-corrected chi connectivity index (χ4v) is 4.51. The van der Waals surface area contributed by atoms with Crippen LogP contribution >= 0.6 is 11.6 Å². The third kappa shape index (κ3) is 4.54. The van der Waals surface area contributed by atoms with Gasteiger partial charge in [0.2, 0.25) is 0 Å². The maximum atomic E-state index is 15.2. The number of hydrogen-bond donors (Lipinski definition) is 1. The number of aromatic nitrogens is 2. The van der Waals surface area contributed by atoms with Crippen LogP contribution in [0.25, 0.3) is 11.1 Å². The third-order valence-corrected chi connectivity index (χ3v) is 7.58. The number of nitrogens with one attached hydrogen (secondary N) is 1. The van der Waals surface area contributed by atoms with Crippen molar-refractivity contribution in [3.8, 4) is 11.1 Å². The average molecular weight is 528 g/mol. The van der Waals surface area contributed by atoms with Crippen molar-refractivity contribution in [2.24, 2.45) is 14.1 Å². The van der Waals surface area contributed by atoms with Crippen LogP contribution in [0.4, 0.5) is 10.1 Å². The van der Waals surface area contributed by atoms with Crippen molar-refractivity contribution in [3.05, 3.63) is 79.3 Å². The van der Waals surface area contributed by atoms with E-state index in [2.05, 4.69) is 5.32 Å². The Morgan fingerprint density at radius 3 is 2.30 bits per heavy atom. The number of aryl methyl sites for hydroxylation is 1. The molecular weight excluding hydrogens is 500 g/mol. The maximum absolute atomic E-state index is 15.2. The number of benzene rings is 2. The number of rotatable bonds is 4. The van der Waals surface area contributed by atoms with Crippen LogP contribution in [0.2, 0.25) is 5.02 Å². The van der Waals surface area contributed by atoms with Crippen LogP contribution in [0.1, 0.15) is 43.6 Å². The summed E-state index contributed by atoms with van der Waals surface area (Å²) in [6, 6.07) is 7.82. The van der Waals surface area contributed by atoms with Crippen molar-refractivity contribution in [1.29, 1.82) is 0 Å². The van der Waals surface area contributed by atoms with Gasteiger partial charge in [0.05, 0.1) is 16.2 Å². The molecule has 8 nitrogen and oxygen atoms in total. The Hall–Kier alpha value is -3.21. The van der Waals surface area contributed by atoms with Crippen molar-refractivity contribution in [1.82, 2.24) is 9.13 Å². The fraction of sp³-hybridized carbons (Fsp3) is 0.346. The van der Waals surface area contributed by atoms with Gasteiger partial charge in [-0.1, -0.05) is 29.8 Å². The number of carbonyl (C=O) groups is 1. The molecule has 0 saturated carbocycles. The van der Waals surface area contributed by atoms with Gasteiger partial charge in [0, 0.05) is 37.0 Å². The standard InChI is InChI=1S/C26H28BClFN3O5/c1-14-15(9-8-10-19(14)30-22(33)16-13-31(6)24(35)32(7)23(16)34)20-18(29)12-11-17(21(20)28)27-36-25(2,3)26(4,5)37-27/h8-13H,1-7H3,(H,30,33). The van der Waals surface area contributed by atoms with Crippen molar-refractivity contribution >= 4 is 35.8 Å². The van der Waals surface area contributed by atoms with E-state index in [0.29, 0.717) is 22.3 Å². The van der Waals surface area contributed by atoms with Gasteiger partial charge in [0.1, 0.15) is 11.4 Å². The van der Waals surface area contributed by atoms with Gasteiger partial charge in [-0.15, -0.1) is 0 Å². The molecule has 1 fully saturated rings. The zero-order chi connectivity index (χ0) is 27.4. The molecule has 1 aromatic heterocycles. The quantitative estimate of drug-likeness (QED) is 0.525. The Morgan fingerprint density at radius 1 is 1.05 bits per heavy atom. The Balaban J connectivity index is 1.74. The Morgan fingerprint density at radius 2 is 1.68 bits per heavy atom. The Kier molecular flexibility index (Phi) is 6.73. The molecule has 0 aliphatic carbocycles. The highest BCUT2D eigenvalue weighted by Crippen LogP contribution is 2.39. The highest BCUT2D eigenvalue weighted by molar-refractivity contribution is 6.66. The zero-order valence-corrected chi connectivity index (χ0v) is 22.5.